The van der Waals surface area contributed by atoms with E-state index in [4.69, 9.17) is 4.42 Å². The van der Waals surface area contributed by atoms with Crippen LogP contribution in [0.3, 0.4) is 0 Å². The molecule has 0 spiro atoms. The Morgan fingerprint density at radius 3 is 2.48 bits per heavy atom. The Balaban J connectivity index is 2.06. The maximum atomic E-state index is 11.8. The smallest absolute Gasteiger partial charge is 0.269 e. The number of nitro groups is 1. The average Bonchev–Trinajstić information content (AvgIpc) is 3.03. The highest BCUT2D eigenvalue weighted by Gasteiger charge is 2.21. The van der Waals surface area contributed by atoms with Gasteiger partial charge in [0.25, 0.3) is 5.69 Å². The topological polar surface area (TPSA) is 114 Å². The highest BCUT2D eigenvalue weighted by atomic mass is 16.6. The van der Waals surface area contributed by atoms with E-state index in [-0.39, 0.29) is 36.1 Å². The molecule has 0 saturated heterocycles. The van der Waals surface area contributed by atoms with Gasteiger partial charge in [0.1, 0.15) is 0 Å². The van der Waals surface area contributed by atoms with E-state index in [1.165, 1.54) is 12.1 Å². The van der Waals surface area contributed by atoms with Gasteiger partial charge in [-0.15, -0.1) is 10.2 Å². The van der Waals surface area contributed by atoms with Crippen molar-refractivity contribution in [2.45, 2.75) is 32.9 Å². The highest BCUT2D eigenvalue weighted by molar-refractivity contribution is 5.78. The lowest BCUT2D eigenvalue weighted by Crippen LogP contribution is -2.39. The molecule has 25 heavy (non-hydrogen) atoms. The van der Waals surface area contributed by atoms with E-state index < -0.39 is 4.92 Å². The number of rotatable bonds is 7. The predicted octanol–water partition coefficient (Wildman–Crippen LogP) is 2.16. The first-order valence-corrected chi connectivity index (χ1v) is 7.85. The third kappa shape index (κ3) is 4.83. The van der Waals surface area contributed by atoms with Gasteiger partial charge in [-0.05, 0) is 40.0 Å². The van der Waals surface area contributed by atoms with E-state index in [9.17, 15) is 14.9 Å². The summed E-state index contributed by atoms with van der Waals surface area (Å²) in [6.07, 6.45) is 0. The van der Waals surface area contributed by atoms with Gasteiger partial charge in [0.2, 0.25) is 17.7 Å². The maximum absolute atomic E-state index is 11.8. The van der Waals surface area contributed by atoms with Gasteiger partial charge < -0.3 is 9.73 Å². The molecule has 1 aromatic heterocycles. The van der Waals surface area contributed by atoms with Crippen molar-refractivity contribution < 1.29 is 14.1 Å². The lowest BCUT2D eigenvalue weighted by atomic mass is 10.2. The summed E-state index contributed by atoms with van der Waals surface area (Å²) in [7, 11) is 1.79. The molecule has 2 aromatic rings. The lowest BCUT2D eigenvalue weighted by molar-refractivity contribution is -0.384. The molecule has 2 rings (SSSR count). The molecule has 134 valence electrons. The van der Waals surface area contributed by atoms with Gasteiger partial charge in [-0.2, -0.15) is 0 Å². The summed E-state index contributed by atoms with van der Waals surface area (Å²) in [5, 5.41) is 21.5. The second-order valence-electron chi connectivity index (χ2n) is 6.06. The van der Waals surface area contributed by atoms with Crippen LogP contribution < -0.4 is 5.32 Å². The quantitative estimate of drug-likeness (QED) is 0.603. The Labute approximate surface area is 145 Å². The zero-order valence-electron chi connectivity index (χ0n) is 14.6. The number of hydrogen-bond donors (Lipinski definition) is 1. The Morgan fingerprint density at radius 2 is 1.92 bits per heavy atom. The zero-order chi connectivity index (χ0) is 18.6. The molecule has 0 aliphatic rings. The van der Waals surface area contributed by atoms with Gasteiger partial charge in [-0.3, -0.25) is 19.8 Å². The highest BCUT2D eigenvalue weighted by Crippen LogP contribution is 2.24. The Morgan fingerprint density at radius 1 is 1.28 bits per heavy atom. The van der Waals surface area contributed by atoms with Gasteiger partial charge in [0, 0.05) is 23.7 Å². The van der Waals surface area contributed by atoms with Crippen LogP contribution in [0.25, 0.3) is 11.5 Å². The van der Waals surface area contributed by atoms with Crippen LogP contribution in [0.15, 0.2) is 28.7 Å². The van der Waals surface area contributed by atoms with Crippen LogP contribution in [0, 0.1) is 10.1 Å². The molecule has 0 saturated carbocycles. The SMILES string of the molecule is CC(C)NC(=O)CN(C)[C@@H](C)c1nnc(-c2ccc([N+](=O)[O-])cc2)o1. The van der Waals surface area contributed by atoms with E-state index in [0.717, 1.165) is 0 Å². The molecule has 1 amide bonds. The van der Waals surface area contributed by atoms with Crippen molar-refractivity contribution in [1.82, 2.24) is 20.4 Å². The van der Waals surface area contributed by atoms with Crippen LogP contribution >= 0.6 is 0 Å². The lowest BCUT2D eigenvalue weighted by Gasteiger charge is -2.21. The predicted molar refractivity (Wildman–Crippen MR) is 90.7 cm³/mol. The van der Waals surface area contributed by atoms with Crippen LogP contribution in [0.1, 0.15) is 32.7 Å². The Bertz CT molecular complexity index is 741. The summed E-state index contributed by atoms with van der Waals surface area (Å²) >= 11 is 0. The number of hydrogen-bond acceptors (Lipinski definition) is 7. The van der Waals surface area contributed by atoms with E-state index in [0.29, 0.717) is 11.5 Å². The Hall–Kier alpha value is -2.81. The van der Waals surface area contributed by atoms with Crippen LogP contribution in [-0.2, 0) is 4.79 Å². The van der Waals surface area contributed by atoms with Crippen LogP contribution in [0.5, 0.6) is 0 Å². The number of nitro benzene ring substituents is 1. The van der Waals surface area contributed by atoms with Crippen molar-refractivity contribution >= 4 is 11.6 Å². The van der Waals surface area contributed by atoms with Crippen LogP contribution in [0.2, 0.25) is 0 Å². The number of carbonyl (C=O) groups is 1. The van der Waals surface area contributed by atoms with Gasteiger partial charge >= 0.3 is 0 Å². The van der Waals surface area contributed by atoms with Crippen LogP contribution in [-0.4, -0.2) is 45.6 Å². The standard InChI is InChI=1S/C16H21N5O4/c1-10(2)17-14(22)9-20(4)11(3)15-18-19-16(25-15)12-5-7-13(8-6-12)21(23)24/h5-8,10-11H,9H2,1-4H3,(H,17,22)/t11-/m0/s1. The zero-order valence-corrected chi connectivity index (χ0v) is 14.6. The molecule has 9 heteroatoms. The van der Waals surface area contributed by atoms with E-state index in [1.54, 1.807) is 24.1 Å². The fraction of sp³-hybridized carbons (Fsp3) is 0.438. The third-order valence-electron chi connectivity index (χ3n) is 3.63. The van der Waals surface area contributed by atoms with E-state index in [1.807, 2.05) is 20.8 Å². The number of carbonyl (C=O) groups excluding carboxylic acids is 1. The summed E-state index contributed by atoms with van der Waals surface area (Å²) in [5.41, 5.74) is 0.588. The Kier molecular flexibility index (Phi) is 5.81. The first-order valence-electron chi connectivity index (χ1n) is 7.85. The molecule has 0 radical (unpaired) electrons. The molecular weight excluding hydrogens is 326 g/mol. The molecule has 0 aliphatic heterocycles. The fourth-order valence-corrected chi connectivity index (χ4v) is 2.17. The van der Waals surface area contributed by atoms with Crippen molar-refractivity contribution in [3.8, 4) is 11.5 Å². The largest absolute Gasteiger partial charge is 0.419 e. The first-order chi connectivity index (χ1) is 11.8. The van der Waals surface area contributed by atoms with E-state index in [2.05, 4.69) is 15.5 Å². The summed E-state index contributed by atoms with van der Waals surface area (Å²) in [5.74, 6) is 0.560. The molecule has 1 aromatic carbocycles. The summed E-state index contributed by atoms with van der Waals surface area (Å²) in [6.45, 7) is 5.86. The van der Waals surface area contributed by atoms with Crippen molar-refractivity contribution in [3.05, 3.63) is 40.3 Å². The molecule has 1 heterocycles. The summed E-state index contributed by atoms with van der Waals surface area (Å²) < 4.78 is 5.65. The van der Waals surface area contributed by atoms with E-state index >= 15 is 0 Å². The van der Waals surface area contributed by atoms with Crippen molar-refractivity contribution in [2.24, 2.45) is 0 Å². The average molecular weight is 347 g/mol. The van der Waals surface area contributed by atoms with Gasteiger partial charge in [0.05, 0.1) is 17.5 Å². The van der Waals surface area contributed by atoms with Gasteiger partial charge in [0.15, 0.2) is 0 Å². The molecule has 1 N–H and O–H groups in total. The molecule has 0 bridgehead atoms. The van der Waals surface area contributed by atoms with Crippen molar-refractivity contribution in [2.75, 3.05) is 13.6 Å². The fourth-order valence-electron chi connectivity index (χ4n) is 2.17. The van der Waals surface area contributed by atoms with Crippen LogP contribution in [0.4, 0.5) is 5.69 Å². The second-order valence-corrected chi connectivity index (χ2v) is 6.06. The number of non-ortho nitro benzene ring substituents is 1. The van der Waals surface area contributed by atoms with Crippen molar-refractivity contribution in [3.63, 3.8) is 0 Å². The maximum Gasteiger partial charge on any atom is 0.269 e. The summed E-state index contributed by atoms with van der Waals surface area (Å²) in [6, 6.07) is 5.70. The molecule has 0 fully saturated rings. The van der Waals surface area contributed by atoms with Gasteiger partial charge in [-0.1, -0.05) is 0 Å². The minimum Gasteiger partial charge on any atom is -0.419 e. The minimum absolute atomic E-state index is 0.00671. The van der Waals surface area contributed by atoms with Gasteiger partial charge in [-0.25, -0.2) is 0 Å². The number of amides is 1. The number of benzene rings is 1. The minimum atomic E-state index is -0.470. The van der Waals surface area contributed by atoms with Crippen molar-refractivity contribution in [1.29, 1.82) is 0 Å². The normalized spacial score (nSPS) is 12.4. The number of aromatic nitrogens is 2. The number of nitrogens with one attached hydrogen (secondary N) is 1. The number of nitrogens with zero attached hydrogens (tertiary/aromatic N) is 4. The molecule has 0 unspecified atom stereocenters. The molecular formula is C16H21N5O4. The molecule has 9 nitrogen and oxygen atoms in total. The first kappa shape index (κ1) is 18.5. The second kappa shape index (κ2) is 7.84. The number of likely N-dealkylation sites (N-methyl/N-ethyl adjacent to an activating group) is 1. The monoisotopic (exact) mass is 347 g/mol. The molecule has 0 aliphatic carbocycles. The summed E-state index contributed by atoms with van der Waals surface area (Å²) in [4.78, 5) is 23.9. The third-order valence-corrected chi connectivity index (χ3v) is 3.63. The molecule has 1 atom stereocenters.